The molecule has 3 rings (SSSR count). The third kappa shape index (κ3) is 6.05. The predicted octanol–water partition coefficient (Wildman–Crippen LogP) is 3.38. The zero-order valence-electron chi connectivity index (χ0n) is 17.2. The molecule has 4 nitrogen and oxygen atoms in total. The van der Waals surface area contributed by atoms with E-state index in [9.17, 15) is 4.79 Å². The van der Waals surface area contributed by atoms with Gasteiger partial charge >= 0.3 is 0 Å². The van der Waals surface area contributed by atoms with E-state index in [1.54, 1.807) is 0 Å². The van der Waals surface area contributed by atoms with E-state index >= 15 is 0 Å². The first-order chi connectivity index (χ1) is 13.2. The monoisotopic (exact) mass is 371 g/mol. The number of hydrogen-bond acceptors (Lipinski definition) is 3. The lowest BCUT2D eigenvalue weighted by atomic mass is 9.84. The number of amides is 1. The Bertz CT molecular complexity index is 570. The molecule has 0 aromatic heterocycles. The van der Waals surface area contributed by atoms with Crippen molar-refractivity contribution in [1.82, 2.24) is 15.1 Å². The van der Waals surface area contributed by atoms with Gasteiger partial charge in [0.25, 0.3) is 0 Å². The molecule has 2 atom stereocenters. The number of rotatable bonds is 8. The maximum absolute atomic E-state index is 12.9. The molecule has 2 unspecified atom stereocenters. The third-order valence-electron chi connectivity index (χ3n) is 6.52. The predicted molar refractivity (Wildman–Crippen MR) is 111 cm³/mol. The van der Waals surface area contributed by atoms with E-state index in [0.29, 0.717) is 23.7 Å². The second-order valence-corrected chi connectivity index (χ2v) is 8.58. The lowest BCUT2D eigenvalue weighted by Crippen LogP contribution is -2.38. The minimum absolute atomic E-state index is 0.366. The van der Waals surface area contributed by atoms with Crippen LogP contribution in [0.15, 0.2) is 30.3 Å². The summed E-state index contributed by atoms with van der Waals surface area (Å²) in [5, 5.41) is 3.43. The second kappa shape index (κ2) is 10.2. The lowest BCUT2D eigenvalue weighted by Gasteiger charge is -2.30. The lowest BCUT2D eigenvalue weighted by molar-refractivity contribution is -0.133. The summed E-state index contributed by atoms with van der Waals surface area (Å²) in [5.41, 5.74) is 1.39. The van der Waals surface area contributed by atoms with Crippen molar-refractivity contribution in [3.63, 3.8) is 0 Å². The number of nitrogens with zero attached hydrogens (tertiary/aromatic N) is 2. The van der Waals surface area contributed by atoms with Crippen LogP contribution in [0.1, 0.15) is 45.1 Å². The van der Waals surface area contributed by atoms with Crippen LogP contribution in [-0.4, -0.2) is 55.0 Å². The van der Waals surface area contributed by atoms with Crippen LogP contribution < -0.4 is 5.32 Å². The average Bonchev–Trinajstić information content (AvgIpc) is 3.14. The summed E-state index contributed by atoms with van der Waals surface area (Å²) < 4.78 is 0. The first-order valence-corrected chi connectivity index (χ1v) is 10.9. The van der Waals surface area contributed by atoms with Crippen molar-refractivity contribution in [2.45, 2.75) is 46.1 Å². The smallest absolute Gasteiger partial charge is 0.222 e. The number of nitrogens with one attached hydrogen (secondary N) is 1. The topological polar surface area (TPSA) is 35.6 Å². The molecule has 1 N–H and O–H groups in total. The molecule has 0 spiro atoms. The van der Waals surface area contributed by atoms with Gasteiger partial charge < -0.3 is 10.2 Å². The Kier molecular flexibility index (Phi) is 7.71. The highest BCUT2D eigenvalue weighted by Crippen LogP contribution is 2.26. The Balaban J connectivity index is 1.44. The number of hydrogen-bond donors (Lipinski definition) is 1. The summed E-state index contributed by atoms with van der Waals surface area (Å²) >= 11 is 0. The van der Waals surface area contributed by atoms with Crippen molar-refractivity contribution in [2.24, 2.45) is 17.8 Å². The van der Waals surface area contributed by atoms with E-state index < -0.39 is 0 Å². The van der Waals surface area contributed by atoms with Gasteiger partial charge in [-0.3, -0.25) is 9.69 Å². The van der Waals surface area contributed by atoms with E-state index in [2.05, 4.69) is 59.3 Å². The molecule has 1 amide bonds. The van der Waals surface area contributed by atoms with Gasteiger partial charge in [0.05, 0.1) is 0 Å². The third-order valence-corrected chi connectivity index (χ3v) is 6.52. The fourth-order valence-electron chi connectivity index (χ4n) is 4.75. The van der Waals surface area contributed by atoms with Gasteiger partial charge in [0.2, 0.25) is 5.91 Å². The van der Waals surface area contributed by atoms with Gasteiger partial charge in [-0.1, -0.05) is 37.3 Å². The fraction of sp³-hybridized carbons (Fsp3) is 0.696. The molecule has 0 aliphatic carbocycles. The van der Waals surface area contributed by atoms with Crippen LogP contribution in [-0.2, 0) is 11.3 Å². The van der Waals surface area contributed by atoms with Crippen LogP contribution in [0.25, 0.3) is 0 Å². The van der Waals surface area contributed by atoms with Crippen molar-refractivity contribution < 1.29 is 4.79 Å². The minimum atomic E-state index is 0.366. The van der Waals surface area contributed by atoms with Crippen LogP contribution >= 0.6 is 0 Å². The summed E-state index contributed by atoms with van der Waals surface area (Å²) in [7, 11) is 0. The molecule has 0 radical (unpaired) electrons. The number of benzene rings is 1. The molecular formula is C23H37N3O. The van der Waals surface area contributed by atoms with Crippen molar-refractivity contribution in [3.05, 3.63) is 35.9 Å². The highest BCUT2D eigenvalue weighted by atomic mass is 16.2. The van der Waals surface area contributed by atoms with Crippen LogP contribution in [0.2, 0.25) is 0 Å². The fourth-order valence-corrected chi connectivity index (χ4v) is 4.75. The summed E-state index contributed by atoms with van der Waals surface area (Å²) in [6.07, 6.45) is 4.37. The Morgan fingerprint density at radius 1 is 1.22 bits per heavy atom. The highest BCUT2D eigenvalue weighted by Gasteiger charge is 2.28. The molecule has 2 fully saturated rings. The van der Waals surface area contributed by atoms with Crippen molar-refractivity contribution in [1.29, 1.82) is 0 Å². The summed E-state index contributed by atoms with van der Waals surface area (Å²) in [6, 6.07) is 10.7. The minimum Gasteiger partial charge on any atom is -0.343 e. The molecule has 2 aliphatic rings. The zero-order chi connectivity index (χ0) is 19.1. The van der Waals surface area contributed by atoms with Crippen LogP contribution in [0.4, 0.5) is 0 Å². The number of carbonyl (C=O) groups excluding carboxylic acids is 1. The first kappa shape index (κ1) is 20.3. The normalized spacial score (nSPS) is 22.7. The number of piperidine rings is 1. The van der Waals surface area contributed by atoms with Gasteiger partial charge in [0, 0.05) is 32.6 Å². The van der Waals surface area contributed by atoms with Crippen LogP contribution in [0, 0.1) is 17.8 Å². The summed E-state index contributed by atoms with van der Waals surface area (Å²) in [6.45, 7) is 11.7. The van der Waals surface area contributed by atoms with Crippen LogP contribution in [0.3, 0.4) is 0 Å². The van der Waals surface area contributed by atoms with Crippen molar-refractivity contribution in [3.8, 4) is 0 Å². The van der Waals surface area contributed by atoms with Gasteiger partial charge in [0.15, 0.2) is 0 Å². The zero-order valence-corrected chi connectivity index (χ0v) is 17.2. The molecule has 2 saturated heterocycles. The highest BCUT2D eigenvalue weighted by molar-refractivity contribution is 5.76. The van der Waals surface area contributed by atoms with E-state index in [-0.39, 0.29) is 0 Å². The molecule has 27 heavy (non-hydrogen) atoms. The second-order valence-electron chi connectivity index (χ2n) is 8.58. The van der Waals surface area contributed by atoms with Gasteiger partial charge in [-0.25, -0.2) is 0 Å². The quantitative estimate of drug-likeness (QED) is 0.761. The number of carbonyl (C=O) groups is 1. The van der Waals surface area contributed by atoms with Gasteiger partial charge in [-0.2, -0.15) is 0 Å². The van der Waals surface area contributed by atoms with Gasteiger partial charge in [-0.15, -0.1) is 0 Å². The molecule has 4 heteroatoms. The largest absolute Gasteiger partial charge is 0.343 e. The van der Waals surface area contributed by atoms with E-state index in [1.165, 1.54) is 24.8 Å². The maximum atomic E-state index is 12.9. The van der Waals surface area contributed by atoms with Crippen molar-refractivity contribution in [2.75, 3.05) is 39.3 Å². The summed E-state index contributed by atoms with van der Waals surface area (Å²) in [5.74, 6) is 2.20. The average molecular weight is 372 g/mol. The molecule has 150 valence electrons. The molecule has 1 aromatic carbocycles. The van der Waals surface area contributed by atoms with Gasteiger partial charge in [0.1, 0.15) is 0 Å². The first-order valence-electron chi connectivity index (χ1n) is 10.9. The molecule has 2 heterocycles. The standard InChI is InChI=1S/C23H37N3O/c1-3-26(23(27)15-19(2)22-9-12-24-13-10-22)18-21-11-14-25(17-21)16-20-7-5-4-6-8-20/h4-8,19,21-22,24H,3,9-18H2,1-2H3. The van der Waals surface area contributed by atoms with E-state index in [1.807, 2.05) is 0 Å². The number of likely N-dealkylation sites (tertiary alicyclic amines) is 1. The maximum Gasteiger partial charge on any atom is 0.222 e. The molecule has 1 aromatic rings. The Labute approximate surface area is 165 Å². The van der Waals surface area contributed by atoms with E-state index in [4.69, 9.17) is 0 Å². The Hall–Kier alpha value is -1.39. The van der Waals surface area contributed by atoms with Crippen molar-refractivity contribution >= 4 is 5.91 Å². The molecule has 2 aliphatic heterocycles. The molecule has 0 saturated carbocycles. The molecule has 0 bridgehead atoms. The molecular weight excluding hydrogens is 334 g/mol. The Morgan fingerprint density at radius 2 is 1.96 bits per heavy atom. The SMILES string of the molecule is CCN(CC1CCN(Cc2ccccc2)C1)C(=O)CC(C)C1CCNCC1. The van der Waals surface area contributed by atoms with Gasteiger partial charge in [-0.05, 0) is 69.1 Å². The Morgan fingerprint density at radius 3 is 2.67 bits per heavy atom. The summed E-state index contributed by atoms with van der Waals surface area (Å²) in [4.78, 5) is 17.5. The van der Waals surface area contributed by atoms with E-state index in [0.717, 1.165) is 52.2 Å². The van der Waals surface area contributed by atoms with Crippen LogP contribution in [0.5, 0.6) is 0 Å².